The van der Waals surface area contributed by atoms with Crippen molar-refractivity contribution in [2.75, 3.05) is 59.5 Å². The van der Waals surface area contributed by atoms with Crippen molar-refractivity contribution in [3.05, 3.63) is 47.5 Å². The van der Waals surface area contributed by atoms with Gasteiger partial charge in [0, 0.05) is 57.5 Å². The number of guanidine groups is 1. The summed E-state index contributed by atoms with van der Waals surface area (Å²) in [5.74, 6) is 1.73. The summed E-state index contributed by atoms with van der Waals surface area (Å²) in [4.78, 5) is 8.30. The molecule has 0 bridgehead atoms. The van der Waals surface area contributed by atoms with E-state index in [4.69, 9.17) is 14.2 Å². The van der Waals surface area contributed by atoms with Gasteiger partial charge >= 0.3 is 0 Å². The fraction of sp³-hybridized carbons (Fsp3) is 0.409. The van der Waals surface area contributed by atoms with Gasteiger partial charge in [0.25, 0.3) is 0 Å². The minimum atomic E-state index is -0.444. The molecule has 2 aromatic rings. The van der Waals surface area contributed by atoms with Crippen molar-refractivity contribution >= 4 is 11.6 Å². The number of methoxy groups -OCH3 is 3. The molecule has 7 nitrogen and oxygen atoms in total. The van der Waals surface area contributed by atoms with E-state index in [1.807, 2.05) is 11.0 Å². The number of ether oxygens (including phenoxy) is 3. The molecule has 3 rings (SSSR count). The van der Waals surface area contributed by atoms with E-state index >= 15 is 0 Å². The third-order valence-electron chi connectivity index (χ3n) is 5.26. The number of hydrogen-bond donors (Lipinski definition) is 1. The number of nitrogens with one attached hydrogen (secondary N) is 1. The van der Waals surface area contributed by atoms with Crippen LogP contribution in [0.5, 0.6) is 17.2 Å². The second-order valence-corrected chi connectivity index (χ2v) is 6.99. The van der Waals surface area contributed by atoms with Crippen molar-refractivity contribution in [3.8, 4) is 17.2 Å². The zero-order valence-corrected chi connectivity index (χ0v) is 18.2. The summed E-state index contributed by atoms with van der Waals surface area (Å²) in [6.45, 7) is 2.83. The Balaban J connectivity index is 1.65. The van der Waals surface area contributed by atoms with Crippen LogP contribution in [0.1, 0.15) is 5.56 Å². The number of benzene rings is 2. The number of halogens is 2. The summed E-state index contributed by atoms with van der Waals surface area (Å²) < 4.78 is 43.8. The van der Waals surface area contributed by atoms with Crippen LogP contribution in [-0.4, -0.2) is 65.4 Å². The molecule has 0 spiro atoms. The zero-order chi connectivity index (χ0) is 22.4. The van der Waals surface area contributed by atoms with E-state index in [1.54, 1.807) is 34.4 Å². The summed E-state index contributed by atoms with van der Waals surface area (Å²) in [7, 11) is 6.48. The zero-order valence-electron chi connectivity index (χ0n) is 18.2. The Labute approximate surface area is 181 Å². The molecule has 31 heavy (non-hydrogen) atoms. The van der Waals surface area contributed by atoms with Gasteiger partial charge < -0.3 is 29.3 Å². The van der Waals surface area contributed by atoms with E-state index in [0.717, 1.165) is 23.7 Å². The Bertz CT molecular complexity index is 931. The Morgan fingerprint density at radius 3 is 2.19 bits per heavy atom. The Morgan fingerprint density at radius 1 is 0.935 bits per heavy atom. The highest BCUT2D eigenvalue weighted by atomic mass is 19.1. The molecule has 0 amide bonds. The van der Waals surface area contributed by atoms with Gasteiger partial charge in [-0.3, -0.25) is 4.99 Å². The molecule has 9 heteroatoms. The maximum atomic E-state index is 14.1. The highest BCUT2D eigenvalue weighted by Crippen LogP contribution is 2.34. The highest BCUT2D eigenvalue weighted by molar-refractivity contribution is 5.80. The first kappa shape index (κ1) is 22.5. The highest BCUT2D eigenvalue weighted by Gasteiger charge is 2.22. The number of hydrogen-bond acceptors (Lipinski definition) is 5. The first-order chi connectivity index (χ1) is 15.0. The largest absolute Gasteiger partial charge is 0.496 e. The van der Waals surface area contributed by atoms with Crippen molar-refractivity contribution < 1.29 is 23.0 Å². The van der Waals surface area contributed by atoms with Crippen LogP contribution in [0.2, 0.25) is 0 Å². The lowest BCUT2D eigenvalue weighted by molar-refractivity contribution is 0.346. The second kappa shape index (κ2) is 10.2. The Morgan fingerprint density at radius 2 is 1.58 bits per heavy atom. The number of piperazine rings is 1. The summed E-state index contributed by atoms with van der Waals surface area (Å²) in [6, 6.07) is 7.17. The van der Waals surface area contributed by atoms with Crippen LogP contribution in [0, 0.1) is 11.6 Å². The van der Waals surface area contributed by atoms with E-state index in [-0.39, 0.29) is 5.69 Å². The van der Waals surface area contributed by atoms with Gasteiger partial charge in [0.05, 0.1) is 27.0 Å². The predicted molar refractivity (Wildman–Crippen MR) is 116 cm³/mol. The van der Waals surface area contributed by atoms with E-state index in [1.165, 1.54) is 6.07 Å². The molecular weight excluding hydrogens is 406 g/mol. The number of anilines is 1. The maximum Gasteiger partial charge on any atom is 0.194 e. The molecule has 1 saturated heterocycles. The summed E-state index contributed by atoms with van der Waals surface area (Å²) in [6.07, 6.45) is 0. The van der Waals surface area contributed by atoms with Gasteiger partial charge in [-0.2, -0.15) is 0 Å². The summed E-state index contributed by atoms with van der Waals surface area (Å²) in [5.41, 5.74) is 1.18. The predicted octanol–water partition coefficient (Wildman–Crippen LogP) is 2.89. The maximum absolute atomic E-state index is 14.1. The number of aliphatic imine (C=N–C) groups is 1. The monoisotopic (exact) mass is 434 g/mol. The molecule has 1 aliphatic rings. The van der Waals surface area contributed by atoms with Crippen molar-refractivity contribution in [1.29, 1.82) is 0 Å². The van der Waals surface area contributed by atoms with Gasteiger partial charge in [0.15, 0.2) is 17.5 Å². The van der Waals surface area contributed by atoms with E-state index in [9.17, 15) is 8.78 Å². The van der Waals surface area contributed by atoms with Crippen LogP contribution in [0.25, 0.3) is 0 Å². The van der Waals surface area contributed by atoms with Crippen LogP contribution in [-0.2, 0) is 6.54 Å². The minimum Gasteiger partial charge on any atom is -0.496 e. The van der Waals surface area contributed by atoms with E-state index in [2.05, 4.69) is 15.2 Å². The second-order valence-electron chi connectivity index (χ2n) is 6.99. The van der Waals surface area contributed by atoms with Crippen LogP contribution >= 0.6 is 0 Å². The van der Waals surface area contributed by atoms with Crippen molar-refractivity contribution in [2.45, 2.75) is 6.54 Å². The smallest absolute Gasteiger partial charge is 0.194 e. The van der Waals surface area contributed by atoms with Crippen LogP contribution in [0.15, 0.2) is 35.3 Å². The van der Waals surface area contributed by atoms with Crippen LogP contribution < -0.4 is 24.4 Å². The summed E-state index contributed by atoms with van der Waals surface area (Å²) in [5, 5.41) is 3.34. The topological polar surface area (TPSA) is 58.6 Å². The number of nitrogens with zero attached hydrogens (tertiary/aromatic N) is 3. The van der Waals surface area contributed by atoms with Gasteiger partial charge in [0.2, 0.25) is 0 Å². The van der Waals surface area contributed by atoms with Crippen molar-refractivity contribution in [3.63, 3.8) is 0 Å². The van der Waals surface area contributed by atoms with Gasteiger partial charge in [-0.15, -0.1) is 0 Å². The quantitative estimate of drug-likeness (QED) is 0.557. The first-order valence-corrected chi connectivity index (χ1v) is 9.95. The third kappa shape index (κ3) is 5.10. The fourth-order valence-electron chi connectivity index (χ4n) is 3.62. The molecule has 0 atom stereocenters. The Kier molecular flexibility index (Phi) is 7.38. The van der Waals surface area contributed by atoms with Gasteiger partial charge in [-0.1, -0.05) is 0 Å². The third-order valence-corrected chi connectivity index (χ3v) is 5.26. The van der Waals surface area contributed by atoms with Crippen molar-refractivity contribution in [1.82, 2.24) is 10.2 Å². The molecule has 1 N–H and O–H groups in total. The molecule has 168 valence electrons. The first-order valence-electron chi connectivity index (χ1n) is 9.95. The lowest BCUT2D eigenvalue weighted by atomic mass is 10.1. The van der Waals surface area contributed by atoms with Crippen LogP contribution in [0.4, 0.5) is 14.5 Å². The minimum absolute atomic E-state index is 0.290. The molecule has 0 unspecified atom stereocenters. The summed E-state index contributed by atoms with van der Waals surface area (Å²) >= 11 is 0. The number of rotatable bonds is 6. The molecule has 0 saturated carbocycles. The molecule has 0 radical (unpaired) electrons. The molecular formula is C22H28F2N4O3. The van der Waals surface area contributed by atoms with Gasteiger partial charge in [-0.05, 0) is 18.2 Å². The van der Waals surface area contributed by atoms with E-state index in [0.29, 0.717) is 50.0 Å². The fourth-order valence-corrected chi connectivity index (χ4v) is 3.62. The molecule has 1 aliphatic heterocycles. The molecule has 0 aromatic heterocycles. The molecule has 2 aromatic carbocycles. The van der Waals surface area contributed by atoms with Gasteiger partial charge in [-0.25, -0.2) is 8.78 Å². The average Bonchev–Trinajstić information content (AvgIpc) is 2.81. The molecule has 1 heterocycles. The average molecular weight is 434 g/mol. The Hall–Kier alpha value is -3.23. The van der Waals surface area contributed by atoms with Crippen LogP contribution in [0.3, 0.4) is 0 Å². The van der Waals surface area contributed by atoms with Crippen molar-refractivity contribution in [2.24, 2.45) is 4.99 Å². The normalized spacial score (nSPS) is 14.5. The lowest BCUT2D eigenvalue weighted by Gasteiger charge is -2.37. The molecule has 0 aliphatic carbocycles. The standard InChI is InChI=1S/C22H28F2N4O3/c1-25-22(26-14-15-11-20(30-3)21(31-4)13-19(15)29-2)28-9-7-27(8-10-28)18-12-16(23)5-6-17(18)24/h5-6,11-13H,7-10,14H2,1-4H3,(H,25,26). The SMILES string of the molecule is CN=C(NCc1cc(OC)c(OC)cc1OC)N1CCN(c2cc(F)ccc2F)CC1. The van der Waals surface area contributed by atoms with Gasteiger partial charge in [0.1, 0.15) is 17.4 Å². The van der Waals surface area contributed by atoms with E-state index < -0.39 is 11.6 Å². The molecule has 1 fully saturated rings. The lowest BCUT2D eigenvalue weighted by Crippen LogP contribution is -2.52.